The lowest BCUT2D eigenvalue weighted by atomic mass is 9.90. The maximum absolute atomic E-state index is 8.86. The average Bonchev–Trinajstić information content (AvgIpc) is 2.24. The minimum atomic E-state index is -1.19. The van der Waals surface area contributed by atoms with Crippen LogP contribution in [0.3, 0.4) is 0 Å². The Bertz CT molecular complexity index is 191. The third-order valence-corrected chi connectivity index (χ3v) is 4.99. The molecule has 0 spiro atoms. The van der Waals surface area contributed by atoms with Crippen LogP contribution in [0.5, 0.6) is 0 Å². The molecule has 0 bridgehead atoms. The molecule has 0 aliphatic carbocycles. The summed E-state index contributed by atoms with van der Waals surface area (Å²) in [7, 11) is 0. The van der Waals surface area contributed by atoms with E-state index < -0.39 is 6.29 Å². The molecule has 0 amide bonds. The fourth-order valence-electron chi connectivity index (χ4n) is 1.22. The van der Waals surface area contributed by atoms with Gasteiger partial charge in [-0.25, -0.2) is 0 Å². The molecule has 98 valence electrons. The first-order chi connectivity index (χ1) is 7.24. The fraction of sp³-hybridized carbons (Fsp3) is 1.00. The highest BCUT2D eigenvalue weighted by molar-refractivity contribution is 8.00. The Morgan fingerprint density at radius 2 is 1.81 bits per heavy atom. The zero-order chi connectivity index (χ0) is 12.8. The van der Waals surface area contributed by atoms with Gasteiger partial charge in [0.15, 0.2) is 6.29 Å². The monoisotopic (exact) mass is 249 g/mol. The lowest BCUT2D eigenvalue weighted by Gasteiger charge is -2.32. The van der Waals surface area contributed by atoms with E-state index >= 15 is 0 Å². The third-order valence-electron chi connectivity index (χ3n) is 3.16. The molecule has 4 heteroatoms. The predicted molar refractivity (Wildman–Crippen MR) is 71.4 cm³/mol. The van der Waals surface area contributed by atoms with Crippen molar-refractivity contribution in [2.75, 3.05) is 12.3 Å². The molecule has 3 nitrogen and oxygen atoms in total. The van der Waals surface area contributed by atoms with Crippen molar-refractivity contribution in [1.29, 1.82) is 0 Å². The van der Waals surface area contributed by atoms with E-state index in [0.717, 1.165) is 18.6 Å². The molecule has 0 fully saturated rings. The van der Waals surface area contributed by atoms with Crippen LogP contribution in [0.2, 0.25) is 0 Å². The van der Waals surface area contributed by atoms with Crippen LogP contribution in [0.25, 0.3) is 0 Å². The van der Waals surface area contributed by atoms with E-state index in [0.29, 0.717) is 13.0 Å². The number of rotatable bonds is 8. The van der Waals surface area contributed by atoms with Crippen molar-refractivity contribution in [2.24, 2.45) is 11.1 Å². The summed E-state index contributed by atoms with van der Waals surface area (Å²) in [4.78, 5) is 0. The molecule has 0 radical (unpaired) electrons. The van der Waals surface area contributed by atoms with Crippen LogP contribution >= 0.6 is 11.8 Å². The molecule has 0 aliphatic rings. The lowest BCUT2D eigenvalue weighted by molar-refractivity contribution is -0.0474. The maximum Gasteiger partial charge on any atom is 0.151 e. The highest BCUT2D eigenvalue weighted by Gasteiger charge is 2.26. The van der Waals surface area contributed by atoms with E-state index in [1.807, 2.05) is 11.8 Å². The predicted octanol–water partition coefficient (Wildman–Crippen LogP) is 1.96. The molecule has 0 saturated carbocycles. The van der Waals surface area contributed by atoms with Crippen molar-refractivity contribution < 1.29 is 10.2 Å². The van der Waals surface area contributed by atoms with Gasteiger partial charge in [-0.1, -0.05) is 27.7 Å². The van der Waals surface area contributed by atoms with Crippen molar-refractivity contribution in [2.45, 2.75) is 58.0 Å². The Kier molecular flexibility index (Phi) is 6.94. The van der Waals surface area contributed by atoms with Gasteiger partial charge >= 0.3 is 0 Å². The standard InChI is InChI=1S/C12H27NO2S/c1-5-12(4,8-13)9-16-11(2,3)7-6-10(14)15/h10,14-15H,5-9,13H2,1-4H3. The molecule has 16 heavy (non-hydrogen) atoms. The number of aliphatic hydroxyl groups is 2. The van der Waals surface area contributed by atoms with Crippen molar-refractivity contribution >= 4 is 11.8 Å². The van der Waals surface area contributed by atoms with E-state index in [1.54, 1.807) is 0 Å². The summed E-state index contributed by atoms with van der Waals surface area (Å²) in [5.74, 6) is 1.02. The zero-order valence-corrected chi connectivity index (χ0v) is 11.8. The molecule has 1 unspecified atom stereocenters. The summed E-state index contributed by atoms with van der Waals surface area (Å²) >= 11 is 1.87. The number of aliphatic hydroxyl groups excluding tert-OH is 1. The van der Waals surface area contributed by atoms with Crippen LogP contribution in [0, 0.1) is 5.41 Å². The average molecular weight is 249 g/mol. The minimum Gasteiger partial charge on any atom is -0.368 e. The molecule has 4 N–H and O–H groups in total. The largest absolute Gasteiger partial charge is 0.368 e. The van der Waals surface area contributed by atoms with Crippen LogP contribution in [-0.2, 0) is 0 Å². The first-order valence-electron chi connectivity index (χ1n) is 5.95. The van der Waals surface area contributed by atoms with Crippen LogP contribution in [0.4, 0.5) is 0 Å². The van der Waals surface area contributed by atoms with Crippen LogP contribution < -0.4 is 5.73 Å². The number of hydrogen-bond acceptors (Lipinski definition) is 4. The van der Waals surface area contributed by atoms with Gasteiger partial charge in [-0.05, 0) is 31.2 Å². The number of hydrogen-bond donors (Lipinski definition) is 3. The second-order valence-corrected chi connectivity index (χ2v) is 7.12. The smallest absolute Gasteiger partial charge is 0.151 e. The van der Waals surface area contributed by atoms with E-state index in [4.69, 9.17) is 15.9 Å². The first kappa shape index (κ1) is 16.2. The molecule has 0 aromatic heterocycles. The summed E-state index contributed by atoms with van der Waals surface area (Å²) in [5.41, 5.74) is 5.97. The molecule has 0 aromatic carbocycles. The van der Waals surface area contributed by atoms with Crippen molar-refractivity contribution in [3.05, 3.63) is 0 Å². The van der Waals surface area contributed by atoms with Gasteiger partial charge in [0.05, 0.1) is 0 Å². The summed E-state index contributed by atoms with van der Waals surface area (Å²) in [6.07, 6.45) is 1.13. The molecule has 1 atom stereocenters. The van der Waals surface area contributed by atoms with Crippen LogP contribution in [0.15, 0.2) is 0 Å². The van der Waals surface area contributed by atoms with E-state index in [2.05, 4.69) is 27.7 Å². The van der Waals surface area contributed by atoms with Crippen molar-refractivity contribution in [3.8, 4) is 0 Å². The molecular formula is C12H27NO2S. The van der Waals surface area contributed by atoms with Gasteiger partial charge in [-0.15, -0.1) is 0 Å². The van der Waals surface area contributed by atoms with Crippen molar-refractivity contribution in [1.82, 2.24) is 0 Å². The Morgan fingerprint density at radius 1 is 1.25 bits per heavy atom. The van der Waals surface area contributed by atoms with Gasteiger partial charge in [-0.2, -0.15) is 11.8 Å². The van der Waals surface area contributed by atoms with E-state index in [1.165, 1.54) is 0 Å². The summed E-state index contributed by atoms with van der Waals surface area (Å²) in [5, 5.41) is 17.7. The van der Waals surface area contributed by atoms with Gasteiger partial charge in [0.2, 0.25) is 0 Å². The van der Waals surface area contributed by atoms with Gasteiger partial charge in [0, 0.05) is 10.5 Å². The van der Waals surface area contributed by atoms with Crippen molar-refractivity contribution in [3.63, 3.8) is 0 Å². The van der Waals surface area contributed by atoms with E-state index in [-0.39, 0.29) is 10.2 Å². The van der Waals surface area contributed by atoms with E-state index in [9.17, 15) is 0 Å². The second-order valence-electron chi connectivity index (χ2n) is 5.44. The zero-order valence-electron chi connectivity index (χ0n) is 11.0. The van der Waals surface area contributed by atoms with Gasteiger partial charge < -0.3 is 15.9 Å². The molecule has 0 aromatic rings. The van der Waals surface area contributed by atoms with Gasteiger partial charge in [-0.3, -0.25) is 0 Å². The normalized spacial score (nSPS) is 16.5. The SMILES string of the molecule is CCC(C)(CN)CSC(C)(C)CCC(O)O. The lowest BCUT2D eigenvalue weighted by Crippen LogP contribution is -2.31. The Labute approximate surface area is 104 Å². The molecular weight excluding hydrogens is 222 g/mol. The Morgan fingerprint density at radius 3 is 2.19 bits per heavy atom. The summed E-state index contributed by atoms with van der Waals surface area (Å²) in [6, 6.07) is 0. The van der Waals surface area contributed by atoms with Crippen LogP contribution in [0.1, 0.15) is 47.0 Å². The Balaban J connectivity index is 4.06. The molecule has 0 heterocycles. The maximum atomic E-state index is 8.86. The topological polar surface area (TPSA) is 66.5 Å². The van der Waals surface area contributed by atoms with Crippen LogP contribution in [-0.4, -0.2) is 33.5 Å². The third kappa shape index (κ3) is 6.74. The first-order valence-corrected chi connectivity index (χ1v) is 6.93. The Hall–Kier alpha value is 0.230. The summed E-state index contributed by atoms with van der Waals surface area (Å²) in [6.45, 7) is 9.36. The molecule has 0 saturated heterocycles. The quantitative estimate of drug-likeness (QED) is 0.575. The molecule has 0 rings (SSSR count). The number of nitrogens with two attached hydrogens (primary N) is 1. The highest BCUT2D eigenvalue weighted by atomic mass is 32.2. The summed E-state index contributed by atoms with van der Waals surface area (Å²) < 4.78 is 0.0787. The van der Waals surface area contributed by atoms with Gasteiger partial charge in [0.25, 0.3) is 0 Å². The second kappa shape index (κ2) is 6.84. The minimum absolute atomic E-state index is 0.0787. The van der Waals surface area contributed by atoms with Gasteiger partial charge in [0.1, 0.15) is 0 Å². The number of thioether (sulfide) groups is 1. The fourth-order valence-corrected chi connectivity index (χ4v) is 2.55. The molecule has 0 aliphatic heterocycles. The highest BCUT2D eigenvalue weighted by Crippen LogP contribution is 2.35.